The summed E-state index contributed by atoms with van der Waals surface area (Å²) in [4.78, 5) is 12.0. The smallest absolute Gasteiger partial charge is 0.132 e. The van der Waals surface area contributed by atoms with Gasteiger partial charge in [-0.2, -0.15) is 0 Å². The molecule has 1 fully saturated rings. The molecule has 1 saturated heterocycles. The molecule has 0 spiro atoms. The second-order valence-corrected chi connectivity index (χ2v) is 5.18. The second kappa shape index (κ2) is 4.43. The van der Waals surface area contributed by atoms with Gasteiger partial charge in [-0.1, -0.05) is 6.07 Å². The maximum absolute atomic E-state index is 5.91. The van der Waals surface area contributed by atoms with Crippen LogP contribution in [0.4, 0.5) is 5.82 Å². The highest BCUT2D eigenvalue weighted by molar-refractivity contribution is 7.13. The van der Waals surface area contributed by atoms with Crippen molar-refractivity contribution in [3.8, 4) is 10.6 Å². The summed E-state index contributed by atoms with van der Waals surface area (Å²) in [6, 6.07) is 6.43. The highest BCUT2D eigenvalue weighted by Gasteiger charge is 2.20. The second-order valence-electron chi connectivity index (χ2n) is 4.23. The van der Waals surface area contributed by atoms with E-state index >= 15 is 0 Å². The molecule has 2 aromatic rings. The van der Waals surface area contributed by atoms with Crippen LogP contribution in [0.5, 0.6) is 0 Å². The molecule has 1 aliphatic heterocycles. The number of anilines is 1. The Kier molecular flexibility index (Phi) is 2.78. The number of nitrogens with zero attached hydrogens (tertiary/aromatic N) is 3. The Hall–Kier alpha value is -1.46. The Morgan fingerprint density at radius 3 is 3.06 bits per heavy atom. The molecule has 0 aromatic carbocycles. The van der Waals surface area contributed by atoms with E-state index in [4.69, 9.17) is 5.73 Å². The van der Waals surface area contributed by atoms with E-state index in [1.807, 2.05) is 12.1 Å². The highest BCUT2D eigenvalue weighted by atomic mass is 32.1. The van der Waals surface area contributed by atoms with Crippen molar-refractivity contribution in [3.63, 3.8) is 0 Å². The lowest BCUT2D eigenvalue weighted by Crippen LogP contribution is -2.26. The van der Waals surface area contributed by atoms with Crippen LogP contribution in [0.1, 0.15) is 6.42 Å². The average molecular weight is 246 g/mol. The van der Waals surface area contributed by atoms with Gasteiger partial charge >= 0.3 is 0 Å². The number of aromatic nitrogens is 2. The summed E-state index contributed by atoms with van der Waals surface area (Å²) in [6.07, 6.45) is 2.67. The zero-order valence-corrected chi connectivity index (χ0v) is 10.2. The fourth-order valence-electron chi connectivity index (χ4n) is 2.07. The number of rotatable bonds is 2. The van der Waals surface area contributed by atoms with Crippen molar-refractivity contribution in [2.45, 2.75) is 12.5 Å². The maximum Gasteiger partial charge on any atom is 0.132 e. The maximum atomic E-state index is 5.91. The third-order valence-electron chi connectivity index (χ3n) is 2.97. The summed E-state index contributed by atoms with van der Waals surface area (Å²) in [5.74, 6) is 0.983. The molecule has 0 radical (unpaired) electrons. The van der Waals surface area contributed by atoms with Crippen LogP contribution < -0.4 is 10.6 Å². The van der Waals surface area contributed by atoms with Crippen LogP contribution in [-0.2, 0) is 0 Å². The van der Waals surface area contributed by atoms with Crippen LogP contribution in [0, 0.1) is 0 Å². The fourth-order valence-corrected chi connectivity index (χ4v) is 2.77. The highest BCUT2D eigenvalue weighted by Crippen LogP contribution is 2.26. The lowest BCUT2D eigenvalue weighted by molar-refractivity contribution is 0.751. The Balaban J connectivity index is 1.89. The van der Waals surface area contributed by atoms with Crippen LogP contribution in [-0.4, -0.2) is 29.1 Å². The molecule has 3 rings (SSSR count). The minimum absolute atomic E-state index is 0.273. The minimum Gasteiger partial charge on any atom is -0.355 e. The quantitative estimate of drug-likeness (QED) is 0.877. The molecule has 1 aliphatic rings. The molecule has 0 saturated carbocycles. The van der Waals surface area contributed by atoms with Crippen LogP contribution in [0.2, 0.25) is 0 Å². The summed E-state index contributed by atoms with van der Waals surface area (Å²) in [5.41, 5.74) is 6.90. The first kappa shape index (κ1) is 10.7. The van der Waals surface area contributed by atoms with Gasteiger partial charge in [-0.3, -0.25) is 0 Å². The van der Waals surface area contributed by atoms with Gasteiger partial charge in [0.15, 0.2) is 0 Å². The third-order valence-corrected chi connectivity index (χ3v) is 3.87. The van der Waals surface area contributed by atoms with E-state index in [-0.39, 0.29) is 6.04 Å². The van der Waals surface area contributed by atoms with Gasteiger partial charge in [0.05, 0.1) is 10.6 Å². The Labute approximate surface area is 104 Å². The molecule has 3 heterocycles. The van der Waals surface area contributed by atoms with E-state index in [9.17, 15) is 0 Å². The molecular weight excluding hydrogens is 232 g/mol. The first-order valence-corrected chi connectivity index (χ1v) is 6.57. The topological polar surface area (TPSA) is 55.0 Å². The standard InChI is InChI=1S/C12H14N4S/c13-9-3-4-16(7-9)12-6-10(14-8-15-12)11-2-1-5-17-11/h1-2,5-6,8-9H,3-4,7,13H2. The summed E-state index contributed by atoms with van der Waals surface area (Å²) in [7, 11) is 0. The van der Waals surface area contributed by atoms with Crippen molar-refractivity contribution >= 4 is 17.2 Å². The monoisotopic (exact) mass is 246 g/mol. The normalized spacial score (nSPS) is 19.8. The third kappa shape index (κ3) is 2.16. The molecular formula is C12H14N4S. The lowest BCUT2D eigenvalue weighted by Gasteiger charge is -2.16. The Morgan fingerprint density at radius 1 is 1.41 bits per heavy atom. The van der Waals surface area contributed by atoms with E-state index in [0.29, 0.717) is 0 Å². The van der Waals surface area contributed by atoms with E-state index in [1.165, 1.54) is 4.88 Å². The van der Waals surface area contributed by atoms with Crippen molar-refractivity contribution < 1.29 is 0 Å². The summed E-state index contributed by atoms with van der Waals surface area (Å²) >= 11 is 1.69. The molecule has 88 valence electrons. The summed E-state index contributed by atoms with van der Waals surface area (Å²) < 4.78 is 0. The van der Waals surface area contributed by atoms with Gasteiger partial charge in [0.2, 0.25) is 0 Å². The van der Waals surface area contributed by atoms with Gasteiger partial charge in [-0.05, 0) is 17.9 Å². The molecule has 4 nitrogen and oxygen atoms in total. The van der Waals surface area contributed by atoms with E-state index < -0.39 is 0 Å². The fraction of sp³-hybridized carbons (Fsp3) is 0.333. The molecule has 2 N–H and O–H groups in total. The van der Waals surface area contributed by atoms with Gasteiger partial charge in [-0.25, -0.2) is 9.97 Å². The predicted octanol–water partition coefficient (Wildman–Crippen LogP) is 1.74. The molecule has 2 aromatic heterocycles. The van der Waals surface area contributed by atoms with Crippen LogP contribution in [0.25, 0.3) is 10.6 Å². The Morgan fingerprint density at radius 2 is 2.35 bits per heavy atom. The number of nitrogens with two attached hydrogens (primary N) is 1. The molecule has 1 unspecified atom stereocenters. The number of hydrogen-bond donors (Lipinski definition) is 1. The van der Waals surface area contributed by atoms with Crippen LogP contribution >= 0.6 is 11.3 Å². The van der Waals surface area contributed by atoms with Gasteiger partial charge in [0, 0.05) is 25.2 Å². The van der Waals surface area contributed by atoms with Crippen LogP contribution in [0.15, 0.2) is 29.9 Å². The first-order chi connectivity index (χ1) is 8.33. The van der Waals surface area contributed by atoms with E-state index in [0.717, 1.165) is 31.0 Å². The molecule has 5 heteroatoms. The zero-order valence-electron chi connectivity index (χ0n) is 9.41. The van der Waals surface area contributed by atoms with Crippen molar-refractivity contribution in [2.24, 2.45) is 5.73 Å². The van der Waals surface area contributed by atoms with E-state index in [1.54, 1.807) is 17.7 Å². The first-order valence-electron chi connectivity index (χ1n) is 5.69. The van der Waals surface area contributed by atoms with Crippen molar-refractivity contribution in [1.29, 1.82) is 0 Å². The van der Waals surface area contributed by atoms with Crippen molar-refractivity contribution in [3.05, 3.63) is 29.9 Å². The zero-order chi connectivity index (χ0) is 11.7. The van der Waals surface area contributed by atoms with Gasteiger partial charge < -0.3 is 10.6 Å². The molecule has 0 amide bonds. The van der Waals surface area contributed by atoms with Crippen molar-refractivity contribution in [2.75, 3.05) is 18.0 Å². The predicted molar refractivity (Wildman–Crippen MR) is 70.2 cm³/mol. The lowest BCUT2D eigenvalue weighted by atomic mass is 10.3. The number of hydrogen-bond acceptors (Lipinski definition) is 5. The van der Waals surface area contributed by atoms with Crippen molar-refractivity contribution in [1.82, 2.24) is 9.97 Å². The van der Waals surface area contributed by atoms with Gasteiger partial charge in [0.25, 0.3) is 0 Å². The molecule has 17 heavy (non-hydrogen) atoms. The average Bonchev–Trinajstić information content (AvgIpc) is 3.00. The number of thiophene rings is 1. The molecule has 0 bridgehead atoms. The van der Waals surface area contributed by atoms with Gasteiger partial charge in [0.1, 0.15) is 12.1 Å². The largest absolute Gasteiger partial charge is 0.355 e. The SMILES string of the molecule is NC1CCN(c2cc(-c3cccs3)ncn2)C1. The Bertz CT molecular complexity index is 497. The summed E-state index contributed by atoms with van der Waals surface area (Å²) in [6.45, 7) is 1.88. The minimum atomic E-state index is 0.273. The summed E-state index contributed by atoms with van der Waals surface area (Å²) in [5, 5.41) is 2.06. The van der Waals surface area contributed by atoms with Gasteiger partial charge in [-0.15, -0.1) is 11.3 Å². The molecule has 0 aliphatic carbocycles. The van der Waals surface area contributed by atoms with Crippen LogP contribution in [0.3, 0.4) is 0 Å². The van der Waals surface area contributed by atoms with E-state index in [2.05, 4.69) is 26.3 Å². The molecule has 1 atom stereocenters.